The Morgan fingerprint density at radius 3 is 2.49 bits per heavy atom. The van der Waals surface area contributed by atoms with E-state index in [1.165, 1.54) is 6.26 Å². The quantitative estimate of drug-likeness (QED) is 0.323. The van der Waals surface area contributed by atoms with E-state index < -0.39 is 12.0 Å². The van der Waals surface area contributed by atoms with E-state index in [2.05, 4.69) is 25.9 Å². The fourth-order valence-corrected chi connectivity index (χ4v) is 3.39. The highest BCUT2D eigenvalue weighted by Crippen LogP contribution is 2.22. The van der Waals surface area contributed by atoms with Crippen LogP contribution in [0.15, 0.2) is 59.3 Å². The molecule has 3 amide bonds. The Morgan fingerprint density at radius 1 is 1.06 bits per heavy atom. The van der Waals surface area contributed by atoms with Gasteiger partial charge >= 0.3 is 12.0 Å². The van der Waals surface area contributed by atoms with Crippen molar-refractivity contribution < 1.29 is 23.9 Å². The van der Waals surface area contributed by atoms with Gasteiger partial charge in [0.2, 0.25) is 5.91 Å². The lowest BCUT2D eigenvalue weighted by atomic mass is 10.0. The number of oxazole rings is 1. The molecule has 0 aliphatic carbocycles. The highest BCUT2D eigenvalue weighted by Gasteiger charge is 2.20. The van der Waals surface area contributed by atoms with Crippen LogP contribution in [-0.2, 0) is 22.4 Å². The molecule has 0 radical (unpaired) electrons. The summed E-state index contributed by atoms with van der Waals surface area (Å²) in [6.07, 6.45) is 3.99. The Hall–Kier alpha value is -4.21. The fraction of sp³-hybridized carbons (Fsp3) is 0.320. The zero-order valence-electron chi connectivity index (χ0n) is 19.7. The molecule has 0 aliphatic heterocycles. The van der Waals surface area contributed by atoms with Gasteiger partial charge in [-0.25, -0.2) is 14.8 Å². The second-order valence-corrected chi connectivity index (χ2v) is 8.48. The number of anilines is 2. The summed E-state index contributed by atoms with van der Waals surface area (Å²) < 4.78 is 5.39. The first-order valence-corrected chi connectivity index (χ1v) is 11.3. The lowest BCUT2D eigenvalue weighted by Crippen LogP contribution is -2.31. The third-order valence-corrected chi connectivity index (χ3v) is 5.00. The molecule has 0 saturated carbocycles. The van der Waals surface area contributed by atoms with Crippen molar-refractivity contribution in [3.63, 3.8) is 0 Å². The molecule has 1 unspecified atom stereocenters. The third-order valence-electron chi connectivity index (χ3n) is 5.00. The average molecular weight is 480 g/mol. The minimum Gasteiger partial charge on any atom is -0.481 e. The van der Waals surface area contributed by atoms with Crippen LogP contribution < -0.4 is 16.0 Å². The van der Waals surface area contributed by atoms with Gasteiger partial charge in [0.1, 0.15) is 17.8 Å². The van der Waals surface area contributed by atoms with Crippen molar-refractivity contribution in [3.05, 3.63) is 72.1 Å². The predicted octanol–water partition coefficient (Wildman–Crippen LogP) is 4.18. The highest BCUT2D eigenvalue weighted by atomic mass is 16.4. The van der Waals surface area contributed by atoms with Gasteiger partial charge in [-0.15, -0.1) is 0 Å². The van der Waals surface area contributed by atoms with Crippen molar-refractivity contribution >= 4 is 29.4 Å². The monoisotopic (exact) mass is 479 g/mol. The van der Waals surface area contributed by atoms with Crippen LogP contribution in [0, 0.1) is 5.92 Å². The number of nitrogens with one attached hydrogen (secondary N) is 3. The second-order valence-electron chi connectivity index (χ2n) is 8.48. The number of pyridine rings is 1. The second kappa shape index (κ2) is 12.3. The number of carboxylic acid groups (broad SMARTS) is 1. The minimum absolute atomic E-state index is 0.0726. The van der Waals surface area contributed by atoms with Crippen molar-refractivity contribution in [2.24, 2.45) is 5.92 Å². The molecule has 184 valence electrons. The highest BCUT2D eigenvalue weighted by molar-refractivity contribution is 5.99. The van der Waals surface area contributed by atoms with Crippen LogP contribution in [-0.4, -0.2) is 33.0 Å². The van der Waals surface area contributed by atoms with Crippen LogP contribution in [0.25, 0.3) is 0 Å². The molecular weight excluding hydrogens is 450 g/mol. The van der Waals surface area contributed by atoms with Crippen molar-refractivity contribution in [3.8, 4) is 0 Å². The summed E-state index contributed by atoms with van der Waals surface area (Å²) in [5.74, 6) is -0.0378. The van der Waals surface area contributed by atoms with Crippen LogP contribution >= 0.6 is 0 Å². The molecule has 4 N–H and O–H groups in total. The normalized spacial score (nSPS) is 11.6. The Bertz CT molecular complexity index is 1130. The van der Waals surface area contributed by atoms with Crippen molar-refractivity contribution in [1.29, 1.82) is 0 Å². The molecule has 10 nitrogen and oxygen atoms in total. The Balaban J connectivity index is 1.55. The standard InChI is InChI=1S/C25H29N5O5/c1-16(2)13-19(20-15-35-23(29-20)10-11-24(32)33)28-22(31)14-17-6-8-18(9-7-17)27-25(34)30-21-5-3-4-12-26-21/h3-9,12,15-16,19H,10-11,13-14H2,1-2H3,(H,28,31)(H,32,33)(H2,26,27,30,34). The molecule has 0 aliphatic rings. The summed E-state index contributed by atoms with van der Waals surface area (Å²) in [5.41, 5.74) is 1.94. The summed E-state index contributed by atoms with van der Waals surface area (Å²) in [6, 6.07) is 11.4. The summed E-state index contributed by atoms with van der Waals surface area (Å²) in [5, 5.41) is 17.2. The van der Waals surface area contributed by atoms with E-state index in [0.717, 1.165) is 5.56 Å². The van der Waals surface area contributed by atoms with Gasteiger partial charge < -0.3 is 20.2 Å². The van der Waals surface area contributed by atoms with E-state index in [-0.39, 0.29) is 31.2 Å². The smallest absolute Gasteiger partial charge is 0.324 e. The number of aromatic nitrogens is 2. The maximum Gasteiger partial charge on any atom is 0.324 e. The number of hydrogen-bond donors (Lipinski definition) is 4. The summed E-state index contributed by atoms with van der Waals surface area (Å²) >= 11 is 0. The van der Waals surface area contributed by atoms with E-state index in [4.69, 9.17) is 9.52 Å². The molecule has 10 heteroatoms. The first-order valence-electron chi connectivity index (χ1n) is 11.3. The number of carbonyl (C=O) groups excluding carboxylic acids is 2. The first-order chi connectivity index (χ1) is 16.8. The molecule has 1 aromatic carbocycles. The lowest BCUT2D eigenvalue weighted by Gasteiger charge is -2.18. The van der Waals surface area contributed by atoms with Gasteiger partial charge in [-0.1, -0.05) is 32.0 Å². The molecule has 2 aromatic heterocycles. The van der Waals surface area contributed by atoms with Crippen molar-refractivity contribution in [2.45, 2.75) is 45.6 Å². The number of amides is 3. The van der Waals surface area contributed by atoms with Crippen molar-refractivity contribution in [2.75, 3.05) is 10.6 Å². The predicted molar refractivity (Wildman–Crippen MR) is 130 cm³/mol. The minimum atomic E-state index is -0.924. The molecular formula is C25H29N5O5. The number of rotatable bonds is 11. The summed E-state index contributed by atoms with van der Waals surface area (Å²) in [4.78, 5) is 44.0. The molecule has 2 heterocycles. The molecule has 0 bridgehead atoms. The van der Waals surface area contributed by atoms with Crippen LogP contribution in [0.2, 0.25) is 0 Å². The molecule has 0 spiro atoms. The summed E-state index contributed by atoms with van der Waals surface area (Å²) in [6.45, 7) is 4.08. The molecule has 35 heavy (non-hydrogen) atoms. The molecule has 3 rings (SSSR count). The van der Waals surface area contributed by atoms with Gasteiger partial charge in [0.05, 0.1) is 18.9 Å². The van der Waals surface area contributed by atoms with Gasteiger partial charge in [-0.05, 0) is 42.2 Å². The Morgan fingerprint density at radius 2 is 1.83 bits per heavy atom. The Kier molecular flexibility index (Phi) is 8.94. The molecule has 1 atom stereocenters. The van der Waals surface area contributed by atoms with Crippen molar-refractivity contribution in [1.82, 2.24) is 15.3 Å². The molecule has 0 saturated heterocycles. The largest absolute Gasteiger partial charge is 0.481 e. The number of aliphatic carboxylic acids is 1. The van der Waals surface area contributed by atoms with Gasteiger partial charge in [0.15, 0.2) is 5.89 Å². The topological polar surface area (TPSA) is 146 Å². The van der Waals surface area contributed by atoms with Gasteiger partial charge in [-0.3, -0.25) is 14.9 Å². The van der Waals surface area contributed by atoms with Crippen LogP contribution in [0.4, 0.5) is 16.3 Å². The maximum absolute atomic E-state index is 12.7. The van der Waals surface area contributed by atoms with Gasteiger partial charge in [-0.2, -0.15) is 0 Å². The van der Waals surface area contributed by atoms with E-state index in [1.54, 1.807) is 48.7 Å². The maximum atomic E-state index is 12.7. The van der Waals surface area contributed by atoms with E-state index in [1.807, 2.05) is 13.8 Å². The average Bonchev–Trinajstić information content (AvgIpc) is 3.28. The molecule has 3 aromatic rings. The summed E-state index contributed by atoms with van der Waals surface area (Å²) in [7, 11) is 0. The number of carbonyl (C=O) groups is 3. The molecule has 0 fully saturated rings. The van der Waals surface area contributed by atoms with E-state index in [9.17, 15) is 14.4 Å². The number of carboxylic acids is 1. The van der Waals surface area contributed by atoms with Crippen LogP contribution in [0.1, 0.15) is 49.9 Å². The fourth-order valence-electron chi connectivity index (χ4n) is 3.39. The lowest BCUT2D eigenvalue weighted by molar-refractivity contribution is -0.137. The Labute approximate surface area is 203 Å². The third kappa shape index (κ3) is 8.58. The van der Waals surface area contributed by atoms with Gasteiger partial charge in [0.25, 0.3) is 0 Å². The van der Waals surface area contributed by atoms with Gasteiger partial charge in [0, 0.05) is 18.3 Å². The van der Waals surface area contributed by atoms with Crippen LogP contribution in [0.5, 0.6) is 0 Å². The zero-order chi connectivity index (χ0) is 25.2. The SMILES string of the molecule is CC(C)CC(NC(=O)Cc1ccc(NC(=O)Nc2ccccn2)cc1)c1coc(CCC(=O)O)n1. The van der Waals surface area contributed by atoms with E-state index in [0.29, 0.717) is 35.4 Å². The number of aryl methyl sites for hydroxylation is 1. The van der Waals surface area contributed by atoms with E-state index >= 15 is 0 Å². The number of hydrogen-bond acceptors (Lipinski definition) is 6. The zero-order valence-corrected chi connectivity index (χ0v) is 19.7. The number of benzene rings is 1. The number of urea groups is 1. The number of nitrogens with zero attached hydrogens (tertiary/aromatic N) is 2. The first kappa shape index (κ1) is 25.4. The van der Waals surface area contributed by atoms with Crippen LogP contribution in [0.3, 0.4) is 0 Å².